The molecule has 1 aliphatic carbocycles. The van der Waals surface area contributed by atoms with E-state index in [2.05, 4.69) is 5.32 Å². The lowest BCUT2D eigenvalue weighted by Gasteiger charge is -2.35. The number of piperidine rings is 1. The lowest BCUT2D eigenvalue weighted by atomic mass is 9.96. The first-order valence-corrected chi connectivity index (χ1v) is 9.13. The van der Waals surface area contributed by atoms with Gasteiger partial charge in [-0.2, -0.15) is 0 Å². The molecule has 0 bridgehead atoms. The van der Waals surface area contributed by atoms with Crippen molar-refractivity contribution in [3.8, 4) is 0 Å². The highest BCUT2D eigenvalue weighted by atomic mass is 16.4. The Morgan fingerprint density at radius 1 is 0.875 bits per heavy atom. The van der Waals surface area contributed by atoms with Crippen molar-refractivity contribution in [1.82, 2.24) is 15.1 Å². The van der Waals surface area contributed by atoms with Crippen molar-refractivity contribution in [2.75, 3.05) is 26.2 Å². The monoisotopic (exact) mass is 337 g/mol. The molecule has 3 aliphatic rings. The highest BCUT2D eigenvalue weighted by Gasteiger charge is 2.37. The Morgan fingerprint density at radius 2 is 1.58 bits per heavy atom. The Balaban J connectivity index is 1.55. The second-order valence-electron chi connectivity index (χ2n) is 7.25. The van der Waals surface area contributed by atoms with Gasteiger partial charge in [-0.3, -0.25) is 9.59 Å². The smallest absolute Gasteiger partial charge is 0.320 e. The maximum Gasteiger partial charge on any atom is 0.320 e. The number of amides is 3. The summed E-state index contributed by atoms with van der Waals surface area (Å²) in [5.41, 5.74) is 0. The lowest BCUT2D eigenvalue weighted by Crippen LogP contribution is -2.51. The number of hydrogen-bond donors (Lipinski definition) is 2. The second kappa shape index (κ2) is 7.40. The normalized spacial score (nSPS) is 30.4. The van der Waals surface area contributed by atoms with Gasteiger partial charge in [-0.1, -0.05) is 6.42 Å². The third-order valence-electron chi connectivity index (χ3n) is 5.60. The summed E-state index contributed by atoms with van der Waals surface area (Å²) < 4.78 is 0. The fourth-order valence-electron chi connectivity index (χ4n) is 4.20. The molecule has 2 heterocycles. The Bertz CT molecular complexity index is 504. The molecule has 24 heavy (non-hydrogen) atoms. The van der Waals surface area contributed by atoms with Crippen LogP contribution in [0.25, 0.3) is 0 Å². The predicted molar refractivity (Wildman–Crippen MR) is 87.4 cm³/mol. The Labute approximate surface area is 142 Å². The molecule has 1 unspecified atom stereocenters. The standard InChI is InChI=1S/C17H27N3O4/c21-15(18-14-7-3-6-13(14)16(22)23)12-5-4-10-20(11-12)17(24)19-8-1-2-9-19/h12-14H,1-11H2,(H,18,21)(H,22,23)/t12?,13-,14+/m1/s1. The third-order valence-corrected chi connectivity index (χ3v) is 5.60. The number of carboxylic acid groups (broad SMARTS) is 1. The molecule has 2 aliphatic heterocycles. The molecule has 3 fully saturated rings. The van der Waals surface area contributed by atoms with Crippen molar-refractivity contribution in [1.29, 1.82) is 0 Å². The van der Waals surface area contributed by atoms with Crippen LogP contribution < -0.4 is 5.32 Å². The number of likely N-dealkylation sites (tertiary alicyclic amines) is 2. The molecule has 2 N–H and O–H groups in total. The summed E-state index contributed by atoms with van der Waals surface area (Å²) in [6.45, 7) is 2.79. The van der Waals surface area contributed by atoms with E-state index in [4.69, 9.17) is 0 Å². The third kappa shape index (κ3) is 3.65. The van der Waals surface area contributed by atoms with Crippen LogP contribution in [0, 0.1) is 11.8 Å². The molecule has 3 amide bonds. The van der Waals surface area contributed by atoms with Gasteiger partial charge in [0, 0.05) is 32.2 Å². The Hall–Kier alpha value is -1.79. The van der Waals surface area contributed by atoms with Gasteiger partial charge in [0.1, 0.15) is 0 Å². The number of nitrogens with one attached hydrogen (secondary N) is 1. The predicted octanol–water partition coefficient (Wildman–Crippen LogP) is 1.28. The fraction of sp³-hybridized carbons (Fsp3) is 0.824. The zero-order valence-corrected chi connectivity index (χ0v) is 14.1. The van der Waals surface area contributed by atoms with Crippen LogP contribution in [0.3, 0.4) is 0 Å². The molecule has 0 radical (unpaired) electrons. The van der Waals surface area contributed by atoms with Gasteiger partial charge < -0.3 is 20.2 Å². The van der Waals surface area contributed by atoms with E-state index in [9.17, 15) is 19.5 Å². The first-order valence-electron chi connectivity index (χ1n) is 9.13. The van der Waals surface area contributed by atoms with Crippen molar-refractivity contribution in [2.24, 2.45) is 11.8 Å². The second-order valence-corrected chi connectivity index (χ2v) is 7.25. The maximum atomic E-state index is 12.6. The summed E-state index contributed by atoms with van der Waals surface area (Å²) in [5, 5.41) is 12.2. The van der Waals surface area contributed by atoms with Crippen molar-refractivity contribution < 1.29 is 19.5 Å². The molecule has 2 saturated heterocycles. The van der Waals surface area contributed by atoms with Gasteiger partial charge in [-0.15, -0.1) is 0 Å². The molecule has 3 atom stereocenters. The zero-order valence-electron chi connectivity index (χ0n) is 14.1. The summed E-state index contributed by atoms with van der Waals surface area (Å²) in [5.74, 6) is -1.61. The van der Waals surface area contributed by atoms with Crippen LogP contribution in [-0.2, 0) is 9.59 Å². The lowest BCUT2D eigenvalue weighted by molar-refractivity contribution is -0.142. The number of rotatable bonds is 3. The number of hydrogen-bond acceptors (Lipinski definition) is 3. The molecular formula is C17H27N3O4. The summed E-state index contributed by atoms with van der Waals surface area (Å²) in [6, 6.07) is -0.214. The SMILES string of the molecule is O=C(N[C@H]1CCC[C@H]1C(=O)O)C1CCCN(C(=O)N2CCCC2)C1. The van der Waals surface area contributed by atoms with Crippen LogP contribution in [0.15, 0.2) is 0 Å². The average molecular weight is 337 g/mol. The number of nitrogens with zero attached hydrogens (tertiary/aromatic N) is 2. The van der Waals surface area contributed by atoms with Crippen LogP contribution in [0.5, 0.6) is 0 Å². The minimum atomic E-state index is -0.827. The summed E-state index contributed by atoms with van der Waals surface area (Å²) in [6.07, 6.45) is 5.90. The number of aliphatic carboxylic acids is 1. The first-order chi connectivity index (χ1) is 11.6. The van der Waals surface area contributed by atoms with Gasteiger partial charge in [0.25, 0.3) is 0 Å². The summed E-state index contributed by atoms with van der Waals surface area (Å²) >= 11 is 0. The van der Waals surface area contributed by atoms with Gasteiger partial charge in [-0.05, 0) is 38.5 Å². The molecule has 7 nitrogen and oxygen atoms in total. The Morgan fingerprint density at radius 3 is 2.29 bits per heavy atom. The van der Waals surface area contributed by atoms with E-state index in [1.54, 1.807) is 4.90 Å². The fourth-order valence-corrected chi connectivity index (χ4v) is 4.20. The van der Waals surface area contributed by atoms with Crippen LogP contribution >= 0.6 is 0 Å². The van der Waals surface area contributed by atoms with Gasteiger partial charge in [0.05, 0.1) is 11.8 Å². The van der Waals surface area contributed by atoms with Crippen LogP contribution in [-0.4, -0.2) is 65.0 Å². The zero-order chi connectivity index (χ0) is 17.1. The van der Waals surface area contributed by atoms with Gasteiger partial charge in [0.15, 0.2) is 0 Å². The maximum absolute atomic E-state index is 12.6. The number of carboxylic acids is 1. The quantitative estimate of drug-likeness (QED) is 0.812. The topological polar surface area (TPSA) is 90.0 Å². The Kier molecular flexibility index (Phi) is 5.26. The highest BCUT2D eigenvalue weighted by Crippen LogP contribution is 2.27. The molecule has 0 aromatic carbocycles. The van der Waals surface area contributed by atoms with E-state index in [0.29, 0.717) is 19.5 Å². The van der Waals surface area contributed by atoms with Crippen LogP contribution in [0.2, 0.25) is 0 Å². The van der Waals surface area contributed by atoms with Crippen molar-refractivity contribution in [2.45, 2.75) is 51.0 Å². The first kappa shape index (κ1) is 17.0. The van der Waals surface area contributed by atoms with Crippen molar-refractivity contribution in [3.63, 3.8) is 0 Å². The van der Waals surface area contributed by atoms with Gasteiger partial charge in [0.2, 0.25) is 5.91 Å². The van der Waals surface area contributed by atoms with E-state index >= 15 is 0 Å². The summed E-state index contributed by atoms with van der Waals surface area (Å²) in [7, 11) is 0. The molecule has 3 rings (SSSR count). The highest BCUT2D eigenvalue weighted by molar-refractivity contribution is 5.82. The molecule has 134 valence electrons. The largest absolute Gasteiger partial charge is 0.481 e. The van der Waals surface area contributed by atoms with E-state index in [0.717, 1.165) is 51.6 Å². The number of urea groups is 1. The average Bonchev–Trinajstić information content (AvgIpc) is 3.25. The van der Waals surface area contributed by atoms with E-state index in [-0.39, 0.29) is 23.9 Å². The van der Waals surface area contributed by atoms with E-state index in [1.165, 1.54) is 0 Å². The van der Waals surface area contributed by atoms with E-state index < -0.39 is 11.9 Å². The van der Waals surface area contributed by atoms with Crippen molar-refractivity contribution in [3.05, 3.63) is 0 Å². The van der Waals surface area contributed by atoms with Gasteiger partial charge in [-0.25, -0.2) is 4.79 Å². The summed E-state index contributed by atoms with van der Waals surface area (Å²) in [4.78, 5) is 40.0. The van der Waals surface area contributed by atoms with Crippen LogP contribution in [0.4, 0.5) is 4.79 Å². The molecule has 0 aromatic heterocycles. The molecule has 1 saturated carbocycles. The number of carbonyl (C=O) groups excluding carboxylic acids is 2. The minimum absolute atomic E-state index is 0.0503. The molecular weight excluding hydrogens is 310 g/mol. The molecule has 0 spiro atoms. The van der Waals surface area contributed by atoms with Gasteiger partial charge >= 0.3 is 12.0 Å². The van der Waals surface area contributed by atoms with Crippen molar-refractivity contribution >= 4 is 17.9 Å². The van der Waals surface area contributed by atoms with Crippen LogP contribution in [0.1, 0.15) is 44.9 Å². The minimum Gasteiger partial charge on any atom is -0.481 e. The number of carbonyl (C=O) groups is 3. The molecule has 0 aromatic rings. The molecule has 7 heteroatoms. The van der Waals surface area contributed by atoms with E-state index in [1.807, 2.05) is 4.90 Å².